The number of methoxy groups -OCH3 is 1. The first kappa shape index (κ1) is 25.9. The van der Waals surface area contributed by atoms with Crippen molar-refractivity contribution in [3.05, 3.63) is 76.7 Å². The Kier molecular flexibility index (Phi) is 8.98. The molecule has 1 amide bonds. The molecule has 0 radical (unpaired) electrons. The lowest BCUT2D eigenvalue weighted by atomic mass is 9.91. The number of ether oxygens (including phenoxy) is 1. The maximum absolute atomic E-state index is 14.2. The highest BCUT2D eigenvalue weighted by Gasteiger charge is 2.26. The van der Waals surface area contributed by atoms with Crippen LogP contribution in [0.1, 0.15) is 41.3 Å². The molecular formula is C26H25ClFN3O4. The van der Waals surface area contributed by atoms with Crippen molar-refractivity contribution in [1.29, 1.82) is 5.26 Å². The van der Waals surface area contributed by atoms with E-state index in [2.05, 4.69) is 10.3 Å². The van der Waals surface area contributed by atoms with Crippen molar-refractivity contribution < 1.29 is 23.1 Å². The van der Waals surface area contributed by atoms with Crippen molar-refractivity contribution in [3.8, 4) is 17.2 Å². The molecule has 1 aromatic heterocycles. The van der Waals surface area contributed by atoms with E-state index in [-0.39, 0.29) is 24.5 Å². The van der Waals surface area contributed by atoms with E-state index in [1.165, 1.54) is 25.4 Å². The zero-order valence-electron chi connectivity index (χ0n) is 19.4. The number of halogens is 2. The van der Waals surface area contributed by atoms with Gasteiger partial charge in [-0.3, -0.25) is 9.59 Å². The van der Waals surface area contributed by atoms with Gasteiger partial charge in [-0.25, -0.2) is 9.37 Å². The molecule has 3 rings (SSSR count). The number of benzene rings is 2. The molecule has 3 aromatic rings. The summed E-state index contributed by atoms with van der Waals surface area (Å²) in [4.78, 5) is 29.0. The Morgan fingerprint density at radius 3 is 2.63 bits per heavy atom. The summed E-state index contributed by atoms with van der Waals surface area (Å²) < 4.78 is 24.5. The minimum atomic E-state index is -0.573. The molecule has 0 saturated heterocycles. The van der Waals surface area contributed by atoms with E-state index >= 15 is 0 Å². The molecule has 0 spiro atoms. The third-order valence-electron chi connectivity index (χ3n) is 5.53. The fourth-order valence-electron chi connectivity index (χ4n) is 3.80. The number of nitrogens with zero attached hydrogens (tertiary/aromatic N) is 2. The Morgan fingerprint density at radius 2 is 2.00 bits per heavy atom. The number of oxazole rings is 1. The van der Waals surface area contributed by atoms with Gasteiger partial charge in [-0.15, -0.1) is 0 Å². The number of carbonyl (C=O) groups is 2. The third-order valence-corrected chi connectivity index (χ3v) is 5.77. The van der Waals surface area contributed by atoms with Crippen molar-refractivity contribution in [1.82, 2.24) is 10.3 Å². The van der Waals surface area contributed by atoms with E-state index in [0.29, 0.717) is 34.8 Å². The molecule has 0 fully saturated rings. The van der Waals surface area contributed by atoms with Crippen LogP contribution in [0.25, 0.3) is 11.1 Å². The molecular weight excluding hydrogens is 473 g/mol. The summed E-state index contributed by atoms with van der Waals surface area (Å²) in [6.45, 7) is 1.68. The first-order chi connectivity index (χ1) is 16.8. The largest absolute Gasteiger partial charge is 0.469 e. The van der Waals surface area contributed by atoms with E-state index in [9.17, 15) is 14.0 Å². The smallest absolute Gasteiger partial charge is 0.308 e. The number of rotatable bonds is 10. The van der Waals surface area contributed by atoms with Gasteiger partial charge < -0.3 is 14.5 Å². The van der Waals surface area contributed by atoms with Crippen molar-refractivity contribution >= 4 is 23.5 Å². The van der Waals surface area contributed by atoms with Crippen molar-refractivity contribution in [3.63, 3.8) is 0 Å². The van der Waals surface area contributed by atoms with Crippen LogP contribution in [0.3, 0.4) is 0 Å². The van der Waals surface area contributed by atoms with Crippen LogP contribution in [-0.4, -0.2) is 30.0 Å². The van der Waals surface area contributed by atoms with Gasteiger partial charge in [0.05, 0.1) is 25.3 Å². The summed E-state index contributed by atoms with van der Waals surface area (Å²) in [7, 11) is 1.29. The van der Waals surface area contributed by atoms with Crippen LogP contribution in [0.5, 0.6) is 0 Å². The topological polar surface area (TPSA) is 105 Å². The summed E-state index contributed by atoms with van der Waals surface area (Å²) in [6, 6.07) is 13.1. The summed E-state index contributed by atoms with van der Waals surface area (Å²) in [5.41, 5.74) is 1.90. The fraction of sp³-hybridized carbons (Fsp3) is 0.308. The summed E-state index contributed by atoms with van der Waals surface area (Å²) >= 11 is 6.01. The van der Waals surface area contributed by atoms with Crippen LogP contribution in [0, 0.1) is 30.0 Å². The molecule has 0 aliphatic carbocycles. The van der Waals surface area contributed by atoms with Gasteiger partial charge in [0.1, 0.15) is 11.6 Å². The van der Waals surface area contributed by atoms with Gasteiger partial charge in [0, 0.05) is 23.0 Å². The molecule has 0 aliphatic rings. The number of nitrogens with one attached hydrogen (secondary N) is 1. The van der Waals surface area contributed by atoms with Gasteiger partial charge in [-0.2, -0.15) is 5.26 Å². The van der Waals surface area contributed by atoms with Crippen LogP contribution in [0.2, 0.25) is 5.02 Å². The molecule has 0 aliphatic heterocycles. The predicted octanol–water partition coefficient (Wildman–Crippen LogP) is 5.27. The van der Waals surface area contributed by atoms with Crippen molar-refractivity contribution in [2.24, 2.45) is 5.92 Å². The van der Waals surface area contributed by atoms with Crippen LogP contribution >= 0.6 is 11.6 Å². The third kappa shape index (κ3) is 7.14. The first-order valence-electron chi connectivity index (χ1n) is 11.0. The monoisotopic (exact) mass is 497 g/mol. The number of hydrogen-bond donors (Lipinski definition) is 1. The normalized spacial score (nSPS) is 12.4. The molecule has 1 heterocycles. The summed E-state index contributed by atoms with van der Waals surface area (Å²) in [6.07, 6.45) is 2.57. The number of aromatic nitrogens is 1. The lowest BCUT2D eigenvalue weighted by Crippen LogP contribution is -2.39. The van der Waals surface area contributed by atoms with E-state index in [4.69, 9.17) is 26.0 Å². The molecule has 0 bridgehead atoms. The Bertz CT molecular complexity index is 1220. The average Bonchev–Trinajstić information content (AvgIpc) is 3.29. The van der Waals surface area contributed by atoms with E-state index < -0.39 is 23.8 Å². The fourth-order valence-corrected chi connectivity index (χ4v) is 3.98. The van der Waals surface area contributed by atoms with Gasteiger partial charge in [-0.1, -0.05) is 35.9 Å². The second-order valence-corrected chi connectivity index (χ2v) is 8.56. The molecule has 35 heavy (non-hydrogen) atoms. The molecule has 182 valence electrons. The number of hydrogen-bond acceptors (Lipinski definition) is 6. The second kappa shape index (κ2) is 12.1. The maximum Gasteiger partial charge on any atom is 0.308 e. The molecule has 2 atom stereocenters. The summed E-state index contributed by atoms with van der Waals surface area (Å²) in [5.74, 6) is -1.49. The van der Waals surface area contributed by atoms with Gasteiger partial charge in [0.2, 0.25) is 0 Å². The zero-order chi connectivity index (χ0) is 25.4. The highest BCUT2D eigenvalue weighted by Crippen LogP contribution is 2.27. The van der Waals surface area contributed by atoms with Crippen LogP contribution in [0.4, 0.5) is 4.39 Å². The van der Waals surface area contributed by atoms with E-state index in [1.54, 1.807) is 25.1 Å². The van der Waals surface area contributed by atoms with Crippen LogP contribution in [-0.2, 0) is 16.0 Å². The highest BCUT2D eigenvalue weighted by atomic mass is 35.5. The summed E-state index contributed by atoms with van der Waals surface area (Å²) in [5, 5.41) is 12.3. The highest BCUT2D eigenvalue weighted by molar-refractivity contribution is 6.30. The van der Waals surface area contributed by atoms with Gasteiger partial charge in [0.15, 0.2) is 0 Å². The SMILES string of the molecule is COC(=O)[C@H](CCC#N)C[C@@H](Cc1ccc(-c2cc(Cl)ccc2F)cc1)NC(=O)c1ncc(C)o1. The number of esters is 1. The lowest BCUT2D eigenvalue weighted by Gasteiger charge is -2.23. The quantitative estimate of drug-likeness (QED) is 0.383. The Morgan fingerprint density at radius 1 is 1.26 bits per heavy atom. The standard InChI is InChI=1S/C26H25ClFN3O4/c1-16-15-30-25(35-16)24(32)31-21(13-19(4-3-11-29)26(33)34-2)12-17-5-7-18(8-6-17)22-14-20(27)9-10-23(22)28/h5-10,14-15,19,21H,3-4,12-13H2,1-2H3,(H,31,32)/t19-,21-/m1/s1. The van der Waals surface area contributed by atoms with Gasteiger partial charge in [-0.05, 0) is 55.5 Å². The lowest BCUT2D eigenvalue weighted by molar-refractivity contribution is -0.146. The number of amides is 1. The minimum Gasteiger partial charge on any atom is -0.469 e. The average molecular weight is 498 g/mol. The molecule has 0 unspecified atom stereocenters. The number of aryl methyl sites for hydroxylation is 1. The van der Waals surface area contributed by atoms with Gasteiger partial charge in [0.25, 0.3) is 5.89 Å². The Balaban J connectivity index is 1.82. The molecule has 2 aromatic carbocycles. The minimum absolute atomic E-state index is 0.0778. The van der Waals surface area contributed by atoms with Crippen molar-refractivity contribution in [2.75, 3.05) is 7.11 Å². The maximum atomic E-state index is 14.2. The van der Waals surface area contributed by atoms with E-state index in [0.717, 1.165) is 5.56 Å². The van der Waals surface area contributed by atoms with Gasteiger partial charge >= 0.3 is 11.9 Å². The molecule has 0 saturated carbocycles. The second-order valence-electron chi connectivity index (χ2n) is 8.12. The number of carbonyl (C=O) groups excluding carboxylic acids is 2. The molecule has 9 heteroatoms. The Hall–Kier alpha value is -3.70. The zero-order valence-corrected chi connectivity index (χ0v) is 20.1. The van der Waals surface area contributed by atoms with E-state index in [1.807, 2.05) is 18.2 Å². The molecule has 7 nitrogen and oxygen atoms in total. The van der Waals surface area contributed by atoms with Crippen LogP contribution in [0.15, 0.2) is 53.1 Å². The van der Waals surface area contributed by atoms with Crippen LogP contribution < -0.4 is 5.32 Å². The first-order valence-corrected chi connectivity index (χ1v) is 11.4. The number of nitriles is 1. The predicted molar refractivity (Wildman–Crippen MR) is 128 cm³/mol. The molecule has 1 N–H and O–H groups in total. The van der Waals surface area contributed by atoms with Crippen molar-refractivity contribution in [2.45, 2.75) is 38.6 Å². The Labute approximate surface area is 207 Å².